The molecule has 0 N–H and O–H groups in total. The van der Waals surface area contributed by atoms with Gasteiger partial charge < -0.3 is 4.74 Å². The quantitative estimate of drug-likeness (QED) is 0.334. The summed E-state index contributed by atoms with van der Waals surface area (Å²) >= 11 is 5.93. The van der Waals surface area contributed by atoms with Gasteiger partial charge in [0.25, 0.3) is 0 Å². The molecule has 1 aromatic rings. The monoisotopic (exact) mass is 374 g/mol. The Hall–Kier alpha value is -0.950. The molecule has 0 radical (unpaired) electrons. The summed E-state index contributed by atoms with van der Waals surface area (Å²) in [5, 5.41) is 0.772. The zero-order valence-corrected chi connectivity index (χ0v) is 16.9. The summed E-state index contributed by atoms with van der Waals surface area (Å²) in [5.74, 6) is 4.67. The number of hydrogen-bond acceptors (Lipinski definition) is 1. The third kappa shape index (κ3) is 6.05. The highest BCUT2D eigenvalue weighted by molar-refractivity contribution is 6.30. The first-order chi connectivity index (χ1) is 12.7. The SMILES string of the molecule is C=CCCCC1CCC(C2CCC(COc3ccc(Cl)cc3)CC2)CC1. The molecule has 0 spiro atoms. The van der Waals surface area contributed by atoms with Crippen molar-refractivity contribution in [1.29, 1.82) is 0 Å². The highest BCUT2D eigenvalue weighted by Crippen LogP contribution is 2.42. The number of ether oxygens (including phenoxy) is 1. The molecule has 0 atom stereocenters. The molecule has 1 aromatic carbocycles. The highest BCUT2D eigenvalue weighted by atomic mass is 35.5. The Balaban J connectivity index is 1.32. The van der Waals surface area contributed by atoms with Crippen molar-refractivity contribution in [3.63, 3.8) is 0 Å². The first-order valence-electron chi connectivity index (χ1n) is 10.7. The average molecular weight is 375 g/mol. The molecule has 0 aliphatic heterocycles. The second-order valence-corrected chi connectivity index (χ2v) is 8.98. The van der Waals surface area contributed by atoms with Gasteiger partial charge in [-0.25, -0.2) is 0 Å². The molecular formula is C24H35ClO. The maximum absolute atomic E-state index is 5.98. The Morgan fingerprint density at radius 2 is 1.46 bits per heavy atom. The van der Waals surface area contributed by atoms with E-state index in [4.69, 9.17) is 16.3 Å². The summed E-state index contributed by atoms with van der Waals surface area (Å²) in [6, 6.07) is 7.76. The van der Waals surface area contributed by atoms with Gasteiger partial charge in [-0.15, -0.1) is 6.58 Å². The minimum atomic E-state index is 0.733. The predicted molar refractivity (Wildman–Crippen MR) is 112 cm³/mol. The maximum Gasteiger partial charge on any atom is 0.119 e. The number of allylic oxidation sites excluding steroid dienone is 1. The van der Waals surface area contributed by atoms with Crippen LogP contribution in [0.4, 0.5) is 0 Å². The van der Waals surface area contributed by atoms with Crippen molar-refractivity contribution in [2.24, 2.45) is 23.7 Å². The molecule has 0 saturated heterocycles. The van der Waals surface area contributed by atoms with Gasteiger partial charge in [0, 0.05) is 5.02 Å². The Labute approximate surface area is 165 Å². The summed E-state index contributed by atoms with van der Waals surface area (Å²) in [6.45, 7) is 4.71. The lowest BCUT2D eigenvalue weighted by Gasteiger charge is -2.37. The van der Waals surface area contributed by atoms with Gasteiger partial charge in [0.15, 0.2) is 0 Å². The summed E-state index contributed by atoms with van der Waals surface area (Å²) in [6.07, 6.45) is 17.5. The molecule has 2 aliphatic rings. The number of rotatable bonds is 8. The van der Waals surface area contributed by atoms with E-state index in [-0.39, 0.29) is 0 Å². The number of unbranched alkanes of at least 4 members (excludes halogenated alkanes) is 1. The molecule has 0 bridgehead atoms. The Bertz CT molecular complexity index is 522. The topological polar surface area (TPSA) is 9.23 Å². The van der Waals surface area contributed by atoms with E-state index in [0.29, 0.717) is 0 Å². The van der Waals surface area contributed by atoms with Crippen LogP contribution in [0.15, 0.2) is 36.9 Å². The van der Waals surface area contributed by atoms with E-state index < -0.39 is 0 Å². The summed E-state index contributed by atoms with van der Waals surface area (Å²) in [4.78, 5) is 0. The minimum Gasteiger partial charge on any atom is -0.493 e. The molecule has 2 saturated carbocycles. The van der Waals surface area contributed by atoms with E-state index in [0.717, 1.165) is 41.1 Å². The van der Waals surface area contributed by atoms with Gasteiger partial charge in [-0.05, 0) is 99.3 Å². The van der Waals surface area contributed by atoms with Crippen molar-refractivity contribution in [3.8, 4) is 5.75 Å². The lowest BCUT2D eigenvalue weighted by Crippen LogP contribution is -2.27. The zero-order valence-electron chi connectivity index (χ0n) is 16.2. The van der Waals surface area contributed by atoms with E-state index in [1.54, 1.807) is 0 Å². The Kier molecular flexibility index (Phi) is 7.92. The van der Waals surface area contributed by atoms with Crippen molar-refractivity contribution < 1.29 is 4.74 Å². The van der Waals surface area contributed by atoms with E-state index in [9.17, 15) is 0 Å². The molecule has 2 fully saturated rings. The molecule has 0 heterocycles. The van der Waals surface area contributed by atoms with Gasteiger partial charge in [0.2, 0.25) is 0 Å². The Morgan fingerprint density at radius 1 is 0.885 bits per heavy atom. The van der Waals surface area contributed by atoms with Crippen LogP contribution < -0.4 is 4.74 Å². The molecular weight excluding hydrogens is 340 g/mol. The second-order valence-electron chi connectivity index (χ2n) is 8.55. The van der Waals surface area contributed by atoms with Gasteiger partial charge in [0.1, 0.15) is 5.75 Å². The zero-order chi connectivity index (χ0) is 18.2. The normalized spacial score (nSPS) is 29.3. The van der Waals surface area contributed by atoms with Crippen LogP contribution in [-0.4, -0.2) is 6.61 Å². The molecule has 3 rings (SSSR count). The van der Waals surface area contributed by atoms with Crippen molar-refractivity contribution in [3.05, 3.63) is 41.9 Å². The average Bonchev–Trinajstić information content (AvgIpc) is 2.69. The molecule has 1 nitrogen and oxygen atoms in total. The summed E-state index contributed by atoms with van der Waals surface area (Å²) < 4.78 is 5.98. The van der Waals surface area contributed by atoms with Gasteiger partial charge in [-0.2, -0.15) is 0 Å². The predicted octanol–water partition coefficient (Wildman–Crippen LogP) is 7.69. The fourth-order valence-corrected chi connectivity index (χ4v) is 5.20. The maximum atomic E-state index is 5.98. The third-order valence-electron chi connectivity index (χ3n) is 6.77. The van der Waals surface area contributed by atoms with Crippen LogP contribution in [0.25, 0.3) is 0 Å². The number of benzene rings is 1. The van der Waals surface area contributed by atoms with Gasteiger partial charge in [-0.3, -0.25) is 0 Å². The molecule has 2 aliphatic carbocycles. The molecule has 2 heteroatoms. The van der Waals surface area contributed by atoms with Gasteiger partial charge >= 0.3 is 0 Å². The standard InChI is InChI=1S/C24H35ClO/c1-2-3-4-5-19-6-10-21(11-7-19)22-12-8-20(9-13-22)18-26-24-16-14-23(25)15-17-24/h2,14-17,19-22H,1,3-13,18H2. The smallest absolute Gasteiger partial charge is 0.119 e. The van der Waals surface area contributed by atoms with E-state index >= 15 is 0 Å². The lowest BCUT2D eigenvalue weighted by atomic mass is 9.69. The van der Waals surface area contributed by atoms with Gasteiger partial charge in [-0.1, -0.05) is 36.9 Å². The number of hydrogen-bond donors (Lipinski definition) is 0. The second kappa shape index (κ2) is 10.4. The first-order valence-corrected chi connectivity index (χ1v) is 11.1. The highest BCUT2D eigenvalue weighted by Gasteiger charge is 2.30. The van der Waals surface area contributed by atoms with Crippen molar-refractivity contribution in [2.45, 2.75) is 70.6 Å². The van der Waals surface area contributed by atoms with Crippen LogP contribution in [0, 0.1) is 23.7 Å². The van der Waals surface area contributed by atoms with Crippen molar-refractivity contribution in [2.75, 3.05) is 6.61 Å². The van der Waals surface area contributed by atoms with E-state index in [1.807, 2.05) is 24.3 Å². The molecule has 0 aromatic heterocycles. The van der Waals surface area contributed by atoms with Crippen LogP contribution in [0.5, 0.6) is 5.75 Å². The van der Waals surface area contributed by atoms with Crippen LogP contribution in [0.2, 0.25) is 5.02 Å². The lowest BCUT2D eigenvalue weighted by molar-refractivity contribution is 0.121. The summed E-state index contributed by atoms with van der Waals surface area (Å²) in [7, 11) is 0. The Morgan fingerprint density at radius 3 is 2.04 bits per heavy atom. The first kappa shape index (κ1) is 19.8. The van der Waals surface area contributed by atoms with Crippen LogP contribution in [-0.2, 0) is 0 Å². The largest absolute Gasteiger partial charge is 0.493 e. The van der Waals surface area contributed by atoms with E-state index in [2.05, 4.69) is 12.7 Å². The van der Waals surface area contributed by atoms with Gasteiger partial charge in [0.05, 0.1) is 6.61 Å². The molecule has 0 unspecified atom stereocenters. The van der Waals surface area contributed by atoms with Crippen molar-refractivity contribution >= 4 is 11.6 Å². The number of halogens is 1. The third-order valence-corrected chi connectivity index (χ3v) is 7.02. The molecule has 144 valence electrons. The van der Waals surface area contributed by atoms with E-state index in [1.165, 1.54) is 70.6 Å². The summed E-state index contributed by atoms with van der Waals surface area (Å²) in [5.41, 5.74) is 0. The van der Waals surface area contributed by atoms with Crippen molar-refractivity contribution in [1.82, 2.24) is 0 Å². The fraction of sp³-hybridized carbons (Fsp3) is 0.667. The van der Waals surface area contributed by atoms with Crippen LogP contribution >= 0.6 is 11.6 Å². The minimum absolute atomic E-state index is 0.733. The molecule has 0 amide bonds. The van der Waals surface area contributed by atoms with Crippen LogP contribution in [0.3, 0.4) is 0 Å². The molecule has 26 heavy (non-hydrogen) atoms. The fourth-order valence-electron chi connectivity index (χ4n) is 5.07. The van der Waals surface area contributed by atoms with Crippen LogP contribution in [0.1, 0.15) is 70.6 Å².